The van der Waals surface area contributed by atoms with Gasteiger partial charge in [-0.3, -0.25) is 9.69 Å². The Bertz CT molecular complexity index is 609. The Kier molecular flexibility index (Phi) is 5.25. The molecule has 1 amide bonds. The van der Waals surface area contributed by atoms with Gasteiger partial charge in [-0.25, -0.2) is 4.98 Å². The van der Waals surface area contributed by atoms with Crippen LogP contribution in [0.4, 0.5) is 5.82 Å². The van der Waals surface area contributed by atoms with Crippen LogP contribution in [0.3, 0.4) is 0 Å². The van der Waals surface area contributed by atoms with Crippen molar-refractivity contribution in [2.24, 2.45) is 0 Å². The fraction of sp³-hybridized carbons (Fsp3) is 0.412. The smallest absolute Gasteiger partial charge is 0.236 e. The molecule has 6 heteroatoms. The number of hydrogen-bond acceptors (Lipinski definition) is 5. The fourth-order valence-corrected chi connectivity index (χ4v) is 3.47. The maximum absolute atomic E-state index is 12.4. The number of piperazine rings is 1. The molecule has 0 spiro atoms. The van der Waals surface area contributed by atoms with Gasteiger partial charge >= 0.3 is 0 Å². The van der Waals surface area contributed by atoms with Gasteiger partial charge in [0, 0.05) is 44.3 Å². The second-order valence-electron chi connectivity index (χ2n) is 5.78. The van der Waals surface area contributed by atoms with Gasteiger partial charge in [-0.1, -0.05) is 12.1 Å². The van der Waals surface area contributed by atoms with Gasteiger partial charge in [0.1, 0.15) is 5.82 Å². The van der Waals surface area contributed by atoms with Gasteiger partial charge in [0.2, 0.25) is 5.91 Å². The number of carbonyl (C=O) groups excluding carboxylic acids is 1. The lowest BCUT2D eigenvalue weighted by molar-refractivity contribution is -0.131. The van der Waals surface area contributed by atoms with Crippen molar-refractivity contribution in [2.45, 2.75) is 6.54 Å². The van der Waals surface area contributed by atoms with Gasteiger partial charge in [-0.2, -0.15) is 0 Å². The van der Waals surface area contributed by atoms with Crippen molar-refractivity contribution in [3.05, 3.63) is 46.8 Å². The molecule has 0 aliphatic carbocycles. The number of aromatic nitrogens is 1. The lowest BCUT2D eigenvalue weighted by Crippen LogP contribution is -2.49. The zero-order valence-electron chi connectivity index (χ0n) is 13.4. The highest BCUT2D eigenvalue weighted by Gasteiger charge is 2.21. The van der Waals surface area contributed by atoms with Crippen molar-refractivity contribution in [3.63, 3.8) is 0 Å². The molecular weight excluding hydrogens is 308 g/mol. The number of amides is 1. The van der Waals surface area contributed by atoms with E-state index in [1.165, 1.54) is 4.88 Å². The number of thiophene rings is 1. The van der Waals surface area contributed by atoms with Gasteiger partial charge in [0.15, 0.2) is 0 Å². The number of hydrogen-bond donors (Lipinski definition) is 0. The molecule has 1 fully saturated rings. The van der Waals surface area contributed by atoms with E-state index >= 15 is 0 Å². The van der Waals surface area contributed by atoms with Crippen LogP contribution in [-0.2, 0) is 11.3 Å². The van der Waals surface area contributed by atoms with E-state index in [1.807, 2.05) is 47.8 Å². The molecule has 2 aromatic heterocycles. The van der Waals surface area contributed by atoms with E-state index in [0.29, 0.717) is 13.1 Å². The van der Waals surface area contributed by atoms with E-state index < -0.39 is 0 Å². The molecular formula is C17H22N4OS. The van der Waals surface area contributed by atoms with E-state index in [-0.39, 0.29) is 5.91 Å². The van der Waals surface area contributed by atoms with E-state index in [9.17, 15) is 4.79 Å². The number of pyridine rings is 1. The Balaban J connectivity index is 1.46. The maximum atomic E-state index is 12.4. The number of carbonyl (C=O) groups is 1. The van der Waals surface area contributed by atoms with Gasteiger partial charge in [0.05, 0.1) is 13.1 Å². The molecule has 0 aromatic carbocycles. The monoisotopic (exact) mass is 330 g/mol. The van der Waals surface area contributed by atoms with Gasteiger partial charge in [-0.15, -0.1) is 11.3 Å². The summed E-state index contributed by atoms with van der Waals surface area (Å²) in [5.74, 6) is 1.21. The number of likely N-dealkylation sites (N-methyl/N-ethyl adjacent to an activating group) is 1. The zero-order chi connectivity index (χ0) is 16.1. The summed E-state index contributed by atoms with van der Waals surface area (Å²) in [7, 11) is 1.88. The van der Waals surface area contributed by atoms with Gasteiger partial charge in [-0.05, 0) is 23.6 Å². The summed E-state index contributed by atoms with van der Waals surface area (Å²) in [6, 6.07) is 10.1. The largest absolute Gasteiger partial charge is 0.354 e. The Morgan fingerprint density at radius 3 is 2.70 bits per heavy atom. The molecule has 1 aliphatic rings. The van der Waals surface area contributed by atoms with Crippen molar-refractivity contribution >= 4 is 23.1 Å². The molecule has 23 heavy (non-hydrogen) atoms. The van der Waals surface area contributed by atoms with E-state index in [1.54, 1.807) is 11.3 Å². The van der Waals surface area contributed by atoms with Crippen molar-refractivity contribution in [2.75, 3.05) is 44.7 Å². The molecule has 2 aromatic rings. The summed E-state index contributed by atoms with van der Waals surface area (Å²) < 4.78 is 0. The van der Waals surface area contributed by atoms with E-state index in [4.69, 9.17) is 0 Å². The Hall–Kier alpha value is -1.92. The molecule has 0 saturated carbocycles. The molecule has 3 heterocycles. The average Bonchev–Trinajstić information content (AvgIpc) is 3.09. The van der Waals surface area contributed by atoms with Crippen molar-refractivity contribution in [3.8, 4) is 0 Å². The highest BCUT2D eigenvalue weighted by Crippen LogP contribution is 2.13. The highest BCUT2D eigenvalue weighted by atomic mass is 32.1. The van der Waals surface area contributed by atoms with Crippen LogP contribution in [0, 0.1) is 0 Å². The topological polar surface area (TPSA) is 39.7 Å². The number of nitrogens with zero attached hydrogens (tertiary/aromatic N) is 4. The van der Waals surface area contributed by atoms with Gasteiger partial charge in [0.25, 0.3) is 0 Å². The second kappa shape index (κ2) is 7.57. The van der Waals surface area contributed by atoms with Crippen LogP contribution >= 0.6 is 11.3 Å². The van der Waals surface area contributed by atoms with Gasteiger partial charge < -0.3 is 9.80 Å². The van der Waals surface area contributed by atoms with Crippen LogP contribution in [-0.4, -0.2) is 60.5 Å². The lowest BCUT2D eigenvalue weighted by atomic mass is 10.3. The zero-order valence-corrected chi connectivity index (χ0v) is 14.2. The summed E-state index contributed by atoms with van der Waals surface area (Å²) in [6.45, 7) is 4.82. The van der Waals surface area contributed by atoms with Crippen LogP contribution < -0.4 is 4.90 Å². The molecule has 0 N–H and O–H groups in total. The Morgan fingerprint density at radius 1 is 1.22 bits per heavy atom. The Morgan fingerprint density at radius 2 is 2.04 bits per heavy atom. The third kappa shape index (κ3) is 4.30. The Labute approximate surface area is 141 Å². The summed E-state index contributed by atoms with van der Waals surface area (Å²) in [5.41, 5.74) is 0. The third-order valence-corrected chi connectivity index (χ3v) is 4.96. The fourth-order valence-electron chi connectivity index (χ4n) is 2.71. The predicted octanol–water partition coefficient (Wildman–Crippen LogP) is 1.92. The molecule has 5 nitrogen and oxygen atoms in total. The molecule has 0 unspecified atom stereocenters. The van der Waals surface area contributed by atoms with Crippen LogP contribution in [0.1, 0.15) is 4.88 Å². The van der Waals surface area contributed by atoms with Crippen LogP contribution in [0.5, 0.6) is 0 Å². The molecule has 3 rings (SSSR count). The SMILES string of the molecule is CN(Cc1cccs1)C(=O)CN1CCN(c2ccccn2)CC1. The summed E-state index contributed by atoms with van der Waals surface area (Å²) >= 11 is 1.69. The highest BCUT2D eigenvalue weighted by molar-refractivity contribution is 7.09. The second-order valence-corrected chi connectivity index (χ2v) is 6.81. The van der Waals surface area contributed by atoms with Crippen LogP contribution in [0.2, 0.25) is 0 Å². The first kappa shape index (κ1) is 16.0. The average molecular weight is 330 g/mol. The molecule has 0 bridgehead atoms. The molecule has 0 atom stereocenters. The summed E-state index contributed by atoms with van der Waals surface area (Å²) in [5, 5.41) is 2.05. The first-order valence-corrected chi connectivity index (χ1v) is 8.75. The standard InChI is InChI=1S/C17H22N4OS/c1-19(13-15-5-4-12-23-15)17(22)14-20-8-10-21(11-9-20)16-6-2-3-7-18-16/h2-7,12H,8-11,13-14H2,1H3. The number of anilines is 1. The maximum Gasteiger partial charge on any atom is 0.236 e. The quantitative estimate of drug-likeness (QED) is 0.840. The first-order valence-electron chi connectivity index (χ1n) is 7.87. The lowest BCUT2D eigenvalue weighted by Gasteiger charge is -2.35. The van der Waals surface area contributed by atoms with Crippen molar-refractivity contribution < 1.29 is 4.79 Å². The molecule has 1 saturated heterocycles. The normalized spacial score (nSPS) is 15.6. The minimum atomic E-state index is 0.185. The third-order valence-electron chi connectivity index (χ3n) is 4.10. The minimum Gasteiger partial charge on any atom is -0.354 e. The summed E-state index contributed by atoms with van der Waals surface area (Å²) in [4.78, 5) is 24.3. The van der Waals surface area contributed by atoms with Crippen molar-refractivity contribution in [1.29, 1.82) is 0 Å². The molecule has 0 radical (unpaired) electrons. The van der Waals surface area contributed by atoms with Crippen LogP contribution in [0.25, 0.3) is 0 Å². The van der Waals surface area contributed by atoms with Crippen LogP contribution in [0.15, 0.2) is 41.9 Å². The molecule has 1 aliphatic heterocycles. The summed E-state index contributed by atoms with van der Waals surface area (Å²) in [6.07, 6.45) is 1.82. The minimum absolute atomic E-state index is 0.185. The molecule has 122 valence electrons. The van der Waals surface area contributed by atoms with Crippen molar-refractivity contribution in [1.82, 2.24) is 14.8 Å². The van der Waals surface area contributed by atoms with E-state index in [2.05, 4.69) is 20.9 Å². The first-order chi connectivity index (χ1) is 11.2. The van der Waals surface area contributed by atoms with E-state index in [0.717, 1.165) is 32.0 Å². The predicted molar refractivity (Wildman–Crippen MR) is 93.7 cm³/mol. The number of rotatable bonds is 5.